The maximum absolute atomic E-state index is 13.4. The van der Waals surface area contributed by atoms with Gasteiger partial charge in [0.05, 0.1) is 11.0 Å². The normalized spacial score (nSPS) is 18.1. The number of aromatic nitrogens is 2. The molecular formula is C48H52Cl2F2N8O2. The van der Waals surface area contributed by atoms with Crippen LogP contribution in [0.2, 0.25) is 10.0 Å². The minimum Gasteiger partial charge on any atom is -0.336 e. The van der Waals surface area contributed by atoms with Gasteiger partial charge in [0.15, 0.2) is 0 Å². The highest BCUT2D eigenvalue weighted by molar-refractivity contribution is 6.31. The molecule has 10 rings (SSSR count). The van der Waals surface area contributed by atoms with Gasteiger partial charge in [-0.15, -0.1) is 0 Å². The Morgan fingerprint density at radius 1 is 0.516 bits per heavy atom. The number of hydrogen-bond donors (Lipinski definition) is 2. The molecule has 0 atom stereocenters. The number of benzene rings is 4. The van der Waals surface area contributed by atoms with Gasteiger partial charge in [0, 0.05) is 96.9 Å². The number of hydrogen-bond acceptors (Lipinski definition) is 4. The summed E-state index contributed by atoms with van der Waals surface area (Å²) in [5.41, 5.74) is 6.69. The van der Waals surface area contributed by atoms with Crippen molar-refractivity contribution in [1.82, 2.24) is 39.4 Å². The van der Waals surface area contributed by atoms with Crippen molar-refractivity contribution in [2.24, 2.45) is 0 Å². The van der Waals surface area contributed by atoms with E-state index in [9.17, 15) is 18.4 Å². The monoisotopic (exact) mass is 880 g/mol. The van der Waals surface area contributed by atoms with E-state index in [0.717, 1.165) is 137 Å². The predicted octanol–water partition coefficient (Wildman–Crippen LogP) is 9.26. The molecule has 2 aromatic heterocycles. The van der Waals surface area contributed by atoms with E-state index in [1.807, 2.05) is 70.5 Å². The molecule has 0 radical (unpaired) electrons. The van der Waals surface area contributed by atoms with Gasteiger partial charge >= 0.3 is 12.1 Å². The van der Waals surface area contributed by atoms with E-state index >= 15 is 0 Å². The zero-order valence-electron chi connectivity index (χ0n) is 34.7. The van der Waals surface area contributed by atoms with Crippen LogP contribution in [0.5, 0.6) is 0 Å². The van der Waals surface area contributed by atoms with Gasteiger partial charge in [0.2, 0.25) is 0 Å². The molecule has 14 heteroatoms. The molecule has 62 heavy (non-hydrogen) atoms. The van der Waals surface area contributed by atoms with Crippen molar-refractivity contribution in [2.45, 2.75) is 37.5 Å². The zero-order valence-corrected chi connectivity index (χ0v) is 36.2. The van der Waals surface area contributed by atoms with Crippen LogP contribution >= 0.6 is 23.2 Å². The van der Waals surface area contributed by atoms with E-state index in [2.05, 4.69) is 42.0 Å². The van der Waals surface area contributed by atoms with Crippen molar-refractivity contribution in [3.63, 3.8) is 0 Å². The van der Waals surface area contributed by atoms with Crippen LogP contribution in [0, 0.1) is 11.6 Å². The maximum atomic E-state index is 13.4. The van der Waals surface area contributed by atoms with E-state index < -0.39 is 0 Å². The van der Waals surface area contributed by atoms with Crippen molar-refractivity contribution in [2.75, 3.05) is 78.5 Å². The fraction of sp³-hybridized carbons (Fsp3) is 0.375. The summed E-state index contributed by atoms with van der Waals surface area (Å²) in [6, 6.07) is 25.3. The molecule has 0 unspecified atom stereocenters. The first-order valence-electron chi connectivity index (χ1n) is 21.8. The molecule has 4 fully saturated rings. The van der Waals surface area contributed by atoms with E-state index in [0.29, 0.717) is 11.8 Å². The molecule has 4 aliphatic rings. The van der Waals surface area contributed by atoms with Crippen LogP contribution in [0.25, 0.3) is 33.2 Å². The van der Waals surface area contributed by atoms with Crippen LogP contribution in [0.3, 0.4) is 0 Å². The highest BCUT2D eigenvalue weighted by Gasteiger charge is 2.28. The molecule has 4 saturated heterocycles. The van der Waals surface area contributed by atoms with Crippen LogP contribution in [-0.4, -0.2) is 119 Å². The molecule has 0 spiro atoms. The third-order valence-electron chi connectivity index (χ3n) is 13.1. The standard InChI is InChI=1S/2C24H26ClFN4O/c2*25-18-1-6-23-21(15-18)22(16-30(23)20-4-2-19(26)3-5-20)17-7-10-28(11-8-17)13-14-29-12-9-27-24(29)31/h2*1-6,15-17H,7-14H2,(H,27,31). The quantitative estimate of drug-likeness (QED) is 0.144. The Morgan fingerprint density at radius 3 is 1.26 bits per heavy atom. The zero-order chi connectivity index (χ0) is 42.7. The first-order chi connectivity index (χ1) is 30.2. The first-order valence-corrected chi connectivity index (χ1v) is 22.6. The fourth-order valence-electron chi connectivity index (χ4n) is 9.65. The Morgan fingerprint density at radius 2 is 0.903 bits per heavy atom. The van der Waals surface area contributed by atoms with Gasteiger partial charge in [-0.2, -0.15) is 0 Å². The molecule has 4 aliphatic heterocycles. The number of halogens is 4. The Kier molecular flexibility index (Phi) is 12.7. The number of urea groups is 2. The lowest BCUT2D eigenvalue weighted by molar-refractivity contribution is 0.181. The number of fused-ring (bicyclic) bond motifs is 2. The molecule has 6 aromatic rings. The second kappa shape index (κ2) is 18.7. The predicted molar refractivity (Wildman–Crippen MR) is 243 cm³/mol. The summed E-state index contributed by atoms with van der Waals surface area (Å²) in [6.07, 6.45) is 8.68. The second-order valence-corrected chi connectivity index (χ2v) is 17.7. The van der Waals surface area contributed by atoms with Crippen molar-refractivity contribution in [3.8, 4) is 11.4 Å². The Labute approximate surface area is 370 Å². The van der Waals surface area contributed by atoms with Crippen LogP contribution in [0.4, 0.5) is 18.4 Å². The summed E-state index contributed by atoms with van der Waals surface area (Å²) in [5.74, 6) is 0.438. The number of amides is 4. The maximum Gasteiger partial charge on any atom is 0.317 e. The fourth-order valence-corrected chi connectivity index (χ4v) is 9.99. The number of nitrogens with one attached hydrogen (secondary N) is 2. The molecule has 4 amide bonds. The van der Waals surface area contributed by atoms with Crippen LogP contribution in [0.1, 0.15) is 48.6 Å². The highest BCUT2D eigenvalue weighted by Crippen LogP contribution is 2.38. The molecule has 0 saturated carbocycles. The van der Waals surface area contributed by atoms with Gasteiger partial charge in [-0.3, -0.25) is 0 Å². The lowest BCUT2D eigenvalue weighted by atomic mass is 9.89. The minimum absolute atomic E-state index is 0.0559. The Bertz CT molecular complexity index is 2350. The van der Waals surface area contributed by atoms with Gasteiger partial charge < -0.3 is 39.4 Å². The van der Waals surface area contributed by atoms with Gasteiger partial charge in [0.1, 0.15) is 11.6 Å². The van der Waals surface area contributed by atoms with Crippen LogP contribution in [0.15, 0.2) is 97.3 Å². The van der Waals surface area contributed by atoms with Crippen molar-refractivity contribution in [3.05, 3.63) is 130 Å². The molecule has 4 aromatic carbocycles. The molecule has 6 heterocycles. The van der Waals surface area contributed by atoms with Crippen molar-refractivity contribution >= 4 is 57.1 Å². The van der Waals surface area contributed by atoms with Crippen LogP contribution < -0.4 is 10.6 Å². The Balaban J connectivity index is 0.000000158. The summed E-state index contributed by atoms with van der Waals surface area (Å²) < 4.78 is 31.1. The third kappa shape index (κ3) is 9.29. The summed E-state index contributed by atoms with van der Waals surface area (Å²) in [4.78, 5) is 32.2. The van der Waals surface area contributed by atoms with E-state index in [1.54, 1.807) is 0 Å². The average molecular weight is 882 g/mol. The number of piperidine rings is 2. The molecule has 2 N–H and O–H groups in total. The summed E-state index contributed by atoms with van der Waals surface area (Å²) in [5, 5.41) is 9.52. The molecular weight excluding hydrogens is 829 g/mol. The highest BCUT2D eigenvalue weighted by atomic mass is 35.5. The lowest BCUT2D eigenvalue weighted by Crippen LogP contribution is -2.40. The number of carbonyl (C=O) groups excluding carboxylic acids is 2. The van der Waals surface area contributed by atoms with Gasteiger partial charge in [-0.25, -0.2) is 18.4 Å². The van der Waals surface area contributed by atoms with Gasteiger partial charge in [-0.05, 0) is 160 Å². The number of likely N-dealkylation sites (tertiary alicyclic amines) is 2. The topological polar surface area (TPSA) is 81.0 Å². The molecule has 0 aliphatic carbocycles. The Hall–Kier alpha value is -5.14. The van der Waals surface area contributed by atoms with E-state index in [-0.39, 0.29) is 23.7 Å². The SMILES string of the molecule is O=C1NCCN1CCN1CCC(c2cn(-c3ccc(F)cc3)c3ccc(Cl)cc23)CC1.O=C1NCCN1CCN1CCC(c2cn(-c3ccc(F)cc3)c3ccc(Cl)cc23)CC1. The second-order valence-electron chi connectivity index (χ2n) is 16.9. The minimum atomic E-state index is -0.234. The molecule has 0 bridgehead atoms. The number of nitrogens with zero attached hydrogens (tertiary/aromatic N) is 6. The number of rotatable bonds is 10. The molecule has 10 nitrogen and oxygen atoms in total. The third-order valence-corrected chi connectivity index (χ3v) is 13.6. The largest absolute Gasteiger partial charge is 0.336 e. The van der Waals surface area contributed by atoms with Gasteiger partial charge in [-0.1, -0.05) is 23.2 Å². The summed E-state index contributed by atoms with van der Waals surface area (Å²) >= 11 is 12.7. The van der Waals surface area contributed by atoms with E-state index in [1.165, 1.54) is 46.2 Å². The average Bonchev–Trinajstić information content (AvgIpc) is 4.08. The lowest BCUT2D eigenvalue weighted by Gasteiger charge is -2.32. The summed E-state index contributed by atoms with van der Waals surface area (Å²) in [7, 11) is 0. The van der Waals surface area contributed by atoms with Crippen LogP contribution in [-0.2, 0) is 0 Å². The first kappa shape index (κ1) is 42.2. The van der Waals surface area contributed by atoms with E-state index in [4.69, 9.17) is 23.2 Å². The molecule has 324 valence electrons. The van der Waals surface area contributed by atoms with Crippen molar-refractivity contribution < 1.29 is 18.4 Å². The number of carbonyl (C=O) groups is 2. The smallest absolute Gasteiger partial charge is 0.317 e. The summed E-state index contributed by atoms with van der Waals surface area (Å²) in [6.45, 7) is 10.6. The van der Waals surface area contributed by atoms with Crippen molar-refractivity contribution in [1.29, 1.82) is 0 Å². The van der Waals surface area contributed by atoms with Gasteiger partial charge in [0.25, 0.3) is 0 Å².